The molecule has 0 amide bonds. The summed E-state index contributed by atoms with van der Waals surface area (Å²) in [6.45, 7) is 7.44. The van der Waals surface area contributed by atoms with Crippen molar-refractivity contribution in [3.8, 4) is 0 Å². The van der Waals surface area contributed by atoms with Crippen LogP contribution in [0.15, 0.2) is 36.1 Å². The molecule has 0 fully saturated rings. The summed E-state index contributed by atoms with van der Waals surface area (Å²) in [7, 11) is 0. The standard InChI is InChI=1S/C10H15NO2/c1-4-9(11)7-6-8(3)10(12)13-5-2/h4,6-7H,3,5,11H2,1-2H3/b7-6-,9-4+. The van der Waals surface area contributed by atoms with E-state index in [1.165, 1.54) is 6.08 Å². The Bertz CT molecular complexity index is 252. The lowest BCUT2D eigenvalue weighted by molar-refractivity contribution is -0.138. The fourth-order valence-corrected chi connectivity index (χ4v) is 0.585. The van der Waals surface area contributed by atoms with Gasteiger partial charge in [-0.3, -0.25) is 0 Å². The SMILES string of the molecule is C=C(/C=C\C(N)=C/C)C(=O)OCC. The third-order valence-corrected chi connectivity index (χ3v) is 1.35. The molecule has 72 valence electrons. The van der Waals surface area contributed by atoms with Gasteiger partial charge in [-0.2, -0.15) is 0 Å². The van der Waals surface area contributed by atoms with Crippen LogP contribution < -0.4 is 5.73 Å². The van der Waals surface area contributed by atoms with Gasteiger partial charge in [-0.05, 0) is 26.0 Å². The van der Waals surface area contributed by atoms with Gasteiger partial charge >= 0.3 is 5.97 Å². The van der Waals surface area contributed by atoms with Crippen molar-refractivity contribution in [3.05, 3.63) is 36.1 Å². The smallest absolute Gasteiger partial charge is 0.337 e. The highest BCUT2D eigenvalue weighted by Gasteiger charge is 2.02. The molecule has 0 heterocycles. The number of ether oxygens (including phenoxy) is 1. The first-order valence-corrected chi connectivity index (χ1v) is 4.07. The summed E-state index contributed by atoms with van der Waals surface area (Å²) in [6.07, 6.45) is 4.88. The minimum Gasteiger partial charge on any atom is -0.462 e. The molecule has 0 atom stereocenters. The lowest BCUT2D eigenvalue weighted by atomic mass is 10.2. The Balaban J connectivity index is 4.15. The highest BCUT2D eigenvalue weighted by Crippen LogP contribution is 1.98. The van der Waals surface area contributed by atoms with Crippen molar-refractivity contribution in [1.82, 2.24) is 0 Å². The van der Waals surface area contributed by atoms with Gasteiger partial charge in [0, 0.05) is 5.70 Å². The van der Waals surface area contributed by atoms with Crippen molar-refractivity contribution < 1.29 is 9.53 Å². The molecule has 0 bridgehead atoms. The number of nitrogens with two attached hydrogens (primary N) is 1. The first kappa shape index (κ1) is 11.5. The van der Waals surface area contributed by atoms with E-state index in [2.05, 4.69) is 6.58 Å². The summed E-state index contributed by atoms with van der Waals surface area (Å²) in [5.41, 5.74) is 6.36. The van der Waals surface area contributed by atoms with Gasteiger partial charge in [0.1, 0.15) is 0 Å². The van der Waals surface area contributed by atoms with Gasteiger partial charge in [-0.1, -0.05) is 12.7 Å². The van der Waals surface area contributed by atoms with E-state index >= 15 is 0 Å². The van der Waals surface area contributed by atoms with Crippen molar-refractivity contribution in [2.75, 3.05) is 6.61 Å². The molecule has 0 radical (unpaired) electrons. The topological polar surface area (TPSA) is 52.3 Å². The van der Waals surface area contributed by atoms with Crippen LogP contribution in [0.2, 0.25) is 0 Å². The van der Waals surface area contributed by atoms with Gasteiger partial charge in [0.2, 0.25) is 0 Å². The second-order valence-electron chi connectivity index (χ2n) is 2.37. The lowest BCUT2D eigenvalue weighted by Crippen LogP contribution is -2.05. The molecule has 0 aliphatic carbocycles. The van der Waals surface area contributed by atoms with Gasteiger partial charge in [0.15, 0.2) is 0 Å². The van der Waals surface area contributed by atoms with E-state index in [-0.39, 0.29) is 0 Å². The minimum absolute atomic E-state index is 0.298. The predicted molar refractivity (Wildman–Crippen MR) is 52.9 cm³/mol. The molecule has 0 saturated carbocycles. The molecule has 0 unspecified atom stereocenters. The van der Waals surface area contributed by atoms with E-state index < -0.39 is 5.97 Å². The fourth-order valence-electron chi connectivity index (χ4n) is 0.585. The van der Waals surface area contributed by atoms with Crippen LogP contribution in [-0.4, -0.2) is 12.6 Å². The fraction of sp³-hybridized carbons (Fsp3) is 0.300. The maximum Gasteiger partial charge on any atom is 0.337 e. The highest BCUT2D eigenvalue weighted by atomic mass is 16.5. The van der Waals surface area contributed by atoms with Crippen molar-refractivity contribution in [2.24, 2.45) is 5.73 Å². The van der Waals surface area contributed by atoms with Crippen molar-refractivity contribution in [1.29, 1.82) is 0 Å². The Hall–Kier alpha value is -1.51. The van der Waals surface area contributed by atoms with Crippen LogP contribution in [0.5, 0.6) is 0 Å². The third kappa shape index (κ3) is 4.85. The quantitative estimate of drug-likeness (QED) is 0.406. The van der Waals surface area contributed by atoms with Gasteiger partial charge in [0.05, 0.1) is 12.2 Å². The molecule has 3 nitrogen and oxygen atoms in total. The number of hydrogen-bond acceptors (Lipinski definition) is 3. The number of allylic oxidation sites excluding steroid dienone is 2. The normalized spacial score (nSPS) is 11.7. The summed E-state index contributed by atoms with van der Waals surface area (Å²) in [5.74, 6) is -0.414. The monoisotopic (exact) mass is 181 g/mol. The average Bonchev–Trinajstić information content (AvgIpc) is 2.13. The van der Waals surface area contributed by atoms with Crippen LogP contribution in [0.25, 0.3) is 0 Å². The minimum atomic E-state index is -0.414. The van der Waals surface area contributed by atoms with E-state index in [0.29, 0.717) is 17.9 Å². The van der Waals surface area contributed by atoms with Crippen LogP contribution in [0, 0.1) is 0 Å². The Morgan fingerprint density at radius 3 is 2.62 bits per heavy atom. The molecule has 0 aromatic heterocycles. The molecule has 0 aromatic carbocycles. The van der Waals surface area contributed by atoms with Crippen LogP contribution >= 0.6 is 0 Å². The largest absolute Gasteiger partial charge is 0.462 e. The third-order valence-electron chi connectivity index (χ3n) is 1.35. The zero-order valence-corrected chi connectivity index (χ0v) is 8.04. The molecular formula is C10H15NO2. The van der Waals surface area contributed by atoms with Gasteiger partial charge in [0.25, 0.3) is 0 Å². The van der Waals surface area contributed by atoms with Crippen LogP contribution in [0.4, 0.5) is 0 Å². The summed E-state index contributed by atoms with van der Waals surface area (Å²) < 4.78 is 4.72. The maximum absolute atomic E-state index is 11.0. The van der Waals surface area contributed by atoms with Gasteiger partial charge < -0.3 is 10.5 Å². The molecule has 0 aliphatic heterocycles. The van der Waals surface area contributed by atoms with E-state index in [1.54, 1.807) is 19.1 Å². The zero-order chi connectivity index (χ0) is 10.3. The summed E-state index contributed by atoms with van der Waals surface area (Å²) in [4.78, 5) is 11.0. The number of hydrogen-bond donors (Lipinski definition) is 1. The van der Waals surface area contributed by atoms with E-state index in [9.17, 15) is 4.79 Å². The number of carbonyl (C=O) groups excluding carboxylic acids is 1. The number of rotatable bonds is 4. The summed E-state index contributed by atoms with van der Waals surface area (Å²) in [5, 5.41) is 0. The molecule has 13 heavy (non-hydrogen) atoms. The summed E-state index contributed by atoms with van der Waals surface area (Å²) >= 11 is 0. The molecule has 3 heteroatoms. The number of esters is 1. The Morgan fingerprint density at radius 2 is 2.15 bits per heavy atom. The lowest BCUT2D eigenvalue weighted by Gasteiger charge is -1.99. The second-order valence-corrected chi connectivity index (χ2v) is 2.37. The Morgan fingerprint density at radius 1 is 1.54 bits per heavy atom. The predicted octanol–water partition coefficient (Wildman–Crippen LogP) is 1.52. The van der Waals surface area contributed by atoms with E-state index in [4.69, 9.17) is 10.5 Å². The van der Waals surface area contributed by atoms with Crippen molar-refractivity contribution in [2.45, 2.75) is 13.8 Å². The van der Waals surface area contributed by atoms with Crippen LogP contribution in [0.1, 0.15) is 13.8 Å². The number of carbonyl (C=O) groups is 1. The first-order chi connectivity index (χ1) is 6.11. The molecule has 0 aliphatic rings. The Kier molecular flexibility index (Phi) is 5.35. The molecule has 0 aromatic rings. The van der Waals surface area contributed by atoms with Crippen LogP contribution in [-0.2, 0) is 9.53 Å². The van der Waals surface area contributed by atoms with Crippen LogP contribution in [0.3, 0.4) is 0 Å². The molecule has 0 saturated heterocycles. The molecular weight excluding hydrogens is 166 g/mol. The molecule has 0 spiro atoms. The van der Waals surface area contributed by atoms with Crippen molar-refractivity contribution >= 4 is 5.97 Å². The van der Waals surface area contributed by atoms with Gasteiger partial charge in [-0.15, -0.1) is 0 Å². The average molecular weight is 181 g/mol. The second kappa shape index (κ2) is 6.06. The molecule has 2 N–H and O–H groups in total. The first-order valence-electron chi connectivity index (χ1n) is 4.07. The zero-order valence-electron chi connectivity index (χ0n) is 8.04. The summed E-state index contributed by atoms with van der Waals surface area (Å²) in [6, 6.07) is 0. The van der Waals surface area contributed by atoms with E-state index in [1.807, 2.05) is 6.92 Å². The highest BCUT2D eigenvalue weighted by molar-refractivity contribution is 5.90. The van der Waals surface area contributed by atoms with E-state index in [0.717, 1.165) is 0 Å². The van der Waals surface area contributed by atoms with Crippen molar-refractivity contribution in [3.63, 3.8) is 0 Å². The van der Waals surface area contributed by atoms with Gasteiger partial charge in [-0.25, -0.2) is 4.79 Å². The molecule has 0 rings (SSSR count). The Labute approximate surface area is 78.6 Å². The maximum atomic E-state index is 11.0.